The molecule has 16 heavy (non-hydrogen) atoms. The first kappa shape index (κ1) is 12.1. The molecule has 0 unspecified atom stereocenters. The number of hydrogen-bond acceptors (Lipinski definition) is 1. The molecule has 0 radical (unpaired) electrons. The molecule has 0 saturated heterocycles. The van der Waals surface area contributed by atoms with Crippen molar-refractivity contribution < 1.29 is 9.90 Å². The number of hydrogen-bond donors (Lipinski definition) is 1. The fourth-order valence-corrected chi connectivity index (χ4v) is 1.44. The molecular weight excluding hydrogens is 202 g/mol. The number of rotatable bonds is 3. The summed E-state index contributed by atoms with van der Waals surface area (Å²) >= 11 is 0. The summed E-state index contributed by atoms with van der Waals surface area (Å²) in [5.74, 6) is 5.58. The predicted molar refractivity (Wildman–Crippen MR) is 62.9 cm³/mol. The molecule has 0 aliphatic rings. The van der Waals surface area contributed by atoms with Crippen LogP contribution in [-0.4, -0.2) is 22.1 Å². The molecular formula is C13H15NO2. The van der Waals surface area contributed by atoms with Gasteiger partial charge in [-0.25, -0.2) is 4.79 Å². The monoisotopic (exact) mass is 217 g/mol. The van der Waals surface area contributed by atoms with Crippen LogP contribution in [0.25, 0.3) is 0 Å². The van der Waals surface area contributed by atoms with Gasteiger partial charge in [-0.15, -0.1) is 5.92 Å². The summed E-state index contributed by atoms with van der Waals surface area (Å²) in [7, 11) is 0. The van der Waals surface area contributed by atoms with Gasteiger partial charge in [0.25, 0.3) is 0 Å². The molecule has 0 heterocycles. The second-order valence-electron chi connectivity index (χ2n) is 3.47. The fourth-order valence-electron chi connectivity index (χ4n) is 1.44. The van der Waals surface area contributed by atoms with E-state index < -0.39 is 6.09 Å². The number of amides is 1. The lowest BCUT2D eigenvalue weighted by Crippen LogP contribution is -2.36. The summed E-state index contributed by atoms with van der Waals surface area (Å²) in [6.45, 7) is 3.86. The first-order chi connectivity index (χ1) is 7.65. The molecule has 1 amide bonds. The van der Waals surface area contributed by atoms with Gasteiger partial charge < -0.3 is 5.11 Å². The van der Waals surface area contributed by atoms with Crippen LogP contribution in [0.4, 0.5) is 4.79 Å². The van der Waals surface area contributed by atoms with E-state index in [1.807, 2.05) is 30.3 Å². The first-order valence-electron chi connectivity index (χ1n) is 5.11. The van der Waals surface area contributed by atoms with Crippen molar-refractivity contribution in [2.24, 2.45) is 0 Å². The molecule has 0 saturated carbocycles. The van der Waals surface area contributed by atoms with Gasteiger partial charge >= 0.3 is 6.09 Å². The molecule has 0 bridgehead atoms. The quantitative estimate of drug-likeness (QED) is 0.790. The number of benzene rings is 1. The van der Waals surface area contributed by atoms with Gasteiger partial charge in [0.2, 0.25) is 0 Å². The van der Waals surface area contributed by atoms with Crippen LogP contribution in [0, 0.1) is 11.8 Å². The van der Waals surface area contributed by atoms with Crippen LogP contribution in [0.2, 0.25) is 0 Å². The van der Waals surface area contributed by atoms with E-state index in [2.05, 4.69) is 11.8 Å². The number of carbonyl (C=O) groups is 1. The highest BCUT2D eigenvalue weighted by molar-refractivity contribution is 5.66. The van der Waals surface area contributed by atoms with Crippen molar-refractivity contribution in [1.29, 1.82) is 0 Å². The molecule has 0 aromatic heterocycles. The van der Waals surface area contributed by atoms with Gasteiger partial charge in [-0.1, -0.05) is 36.3 Å². The lowest BCUT2D eigenvalue weighted by atomic mass is 10.2. The Morgan fingerprint density at radius 1 is 1.44 bits per heavy atom. The Balaban J connectivity index is 2.79. The summed E-state index contributed by atoms with van der Waals surface area (Å²) in [5.41, 5.74) is 0.967. The van der Waals surface area contributed by atoms with Crippen molar-refractivity contribution in [1.82, 2.24) is 4.90 Å². The van der Waals surface area contributed by atoms with Gasteiger partial charge in [0, 0.05) is 0 Å². The third kappa shape index (κ3) is 3.32. The maximum Gasteiger partial charge on any atom is 0.408 e. The highest BCUT2D eigenvalue weighted by Gasteiger charge is 2.17. The van der Waals surface area contributed by atoms with Gasteiger partial charge in [-0.3, -0.25) is 4.90 Å². The highest BCUT2D eigenvalue weighted by atomic mass is 16.4. The maximum atomic E-state index is 11.1. The van der Waals surface area contributed by atoms with Crippen molar-refractivity contribution in [2.45, 2.75) is 26.4 Å². The molecule has 3 nitrogen and oxygen atoms in total. The fraction of sp³-hybridized carbons (Fsp3) is 0.308. The van der Waals surface area contributed by atoms with E-state index in [0.29, 0.717) is 6.54 Å². The minimum atomic E-state index is -0.945. The van der Waals surface area contributed by atoms with Crippen LogP contribution in [-0.2, 0) is 6.54 Å². The summed E-state index contributed by atoms with van der Waals surface area (Å²) in [6.07, 6.45) is -0.945. The molecule has 3 heteroatoms. The van der Waals surface area contributed by atoms with E-state index in [9.17, 15) is 4.79 Å². The maximum absolute atomic E-state index is 11.1. The van der Waals surface area contributed by atoms with E-state index in [1.165, 1.54) is 4.90 Å². The smallest absolute Gasteiger partial charge is 0.408 e. The van der Waals surface area contributed by atoms with Crippen LogP contribution in [0.3, 0.4) is 0 Å². The largest absolute Gasteiger partial charge is 0.465 e. The van der Waals surface area contributed by atoms with Gasteiger partial charge in [-0.05, 0) is 19.4 Å². The van der Waals surface area contributed by atoms with Gasteiger partial charge in [0.05, 0.1) is 12.6 Å². The molecule has 0 fully saturated rings. The Hall–Kier alpha value is -1.95. The van der Waals surface area contributed by atoms with Crippen molar-refractivity contribution in [2.75, 3.05) is 0 Å². The first-order valence-corrected chi connectivity index (χ1v) is 5.11. The molecule has 0 spiro atoms. The molecule has 1 atom stereocenters. The Labute approximate surface area is 95.7 Å². The molecule has 1 N–H and O–H groups in total. The third-order valence-corrected chi connectivity index (χ3v) is 2.26. The van der Waals surface area contributed by atoms with Crippen molar-refractivity contribution >= 4 is 6.09 Å². The Morgan fingerprint density at radius 3 is 2.56 bits per heavy atom. The summed E-state index contributed by atoms with van der Waals surface area (Å²) in [6, 6.07) is 9.22. The summed E-state index contributed by atoms with van der Waals surface area (Å²) in [4.78, 5) is 12.4. The van der Waals surface area contributed by atoms with Crippen LogP contribution in [0.1, 0.15) is 19.4 Å². The summed E-state index contributed by atoms with van der Waals surface area (Å²) < 4.78 is 0. The standard InChI is InChI=1S/C13H15NO2/c1-3-7-11(2)14(13(15)16)10-12-8-5-4-6-9-12/h4-6,8-9,11H,10H2,1-2H3,(H,15,16)/t11-/m1/s1. The van der Waals surface area contributed by atoms with E-state index in [-0.39, 0.29) is 6.04 Å². The predicted octanol–water partition coefficient (Wildman–Crippen LogP) is 2.58. The zero-order valence-corrected chi connectivity index (χ0v) is 9.47. The zero-order valence-electron chi connectivity index (χ0n) is 9.47. The van der Waals surface area contributed by atoms with Crippen molar-refractivity contribution in [3.8, 4) is 11.8 Å². The Kier molecular flexibility index (Phi) is 4.41. The molecule has 1 rings (SSSR count). The van der Waals surface area contributed by atoms with Gasteiger partial charge in [-0.2, -0.15) is 0 Å². The topological polar surface area (TPSA) is 40.5 Å². The van der Waals surface area contributed by atoms with Crippen molar-refractivity contribution in [3.05, 3.63) is 35.9 Å². The Bertz CT molecular complexity index is 403. The molecule has 1 aromatic rings. The van der Waals surface area contributed by atoms with Crippen LogP contribution < -0.4 is 0 Å². The molecule has 0 aliphatic carbocycles. The average molecular weight is 217 g/mol. The second-order valence-corrected chi connectivity index (χ2v) is 3.47. The average Bonchev–Trinajstić information content (AvgIpc) is 2.27. The number of nitrogens with zero attached hydrogens (tertiary/aromatic N) is 1. The van der Waals surface area contributed by atoms with Crippen LogP contribution >= 0.6 is 0 Å². The van der Waals surface area contributed by atoms with Gasteiger partial charge in [0.1, 0.15) is 0 Å². The van der Waals surface area contributed by atoms with E-state index in [1.54, 1.807) is 13.8 Å². The minimum Gasteiger partial charge on any atom is -0.465 e. The van der Waals surface area contributed by atoms with Gasteiger partial charge in [0.15, 0.2) is 0 Å². The number of carboxylic acid groups (broad SMARTS) is 1. The summed E-state index contributed by atoms with van der Waals surface area (Å²) in [5, 5.41) is 9.09. The zero-order chi connectivity index (χ0) is 12.0. The van der Waals surface area contributed by atoms with Crippen LogP contribution in [0.5, 0.6) is 0 Å². The minimum absolute atomic E-state index is 0.289. The Morgan fingerprint density at radius 2 is 2.06 bits per heavy atom. The molecule has 1 aromatic carbocycles. The van der Waals surface area contributed by atoms with Crippen molar-refractivity contribution in [3.63, 3.8) is 0 Å². The lowest BCUT2D eigenvalue weighted by molar-refractivity contribution is 0.135. The van der Waals surface area contributed by atoms with E-state index >= 15 is 0 Å². The molecule has 0 aliphatic heterocycles. The van der Waals surface area contributed by atoms with Crippen LogP contribution in [0.15, 0.2) is 30.3 Å². The van der Waals surface area contributed by atoms with E-state index in [4.69, 9.17) is 5.11 Å². The normalized spacial score (nSPS) is 11.1. The lowest BCUT2D eigenvalue weighted by Gasteiger charge is -2.22. The third-order valence-electron chi connectivity index (χ3n) is 2.26. The SMILES string of the molecule is CC#C[C@@H](C)N(Cc1ccccc1)C(=O)O. The molecule has 84 valence electrons. The van der Waals surface area contributed by atoms with E-state index in [0.717, 1.165) is 5.56 Å². The highest BCUT2D eigenvalue weighted by Crippen LogP contribution is 2.08. The second kappa shape index (κ2) is 5.82.